The van der Waals surface area contributed by atoms with Crippen LogP contribution in [0.5, 0.6) is 11.5 Å². The first-order chi connectivity index (χ1) is 14.3. The van der Waals surface area contributed by atoms with E-state index in [2.05, 4.69) is 6.92 Å². The molecule has 0 saturated carbocycles. The van der Waals surface area contributed by atoms with Gasteiger partial charge in [0, 0.05) is 41.2 Å². The molecule has 0 aromatic heterocycles. The van der Waals surface area contributed by atoms with Gasteiger partial charge in [0.1, 0.15) is 16.4 Å². The van der Waals surface area contributed by atoms with Crippen LogP contribution in [0, 0.1) is 0 Å². The fraction of sp³-hybridized carbons (Fsp3) is 0.750. The molecule has 3 N–H and O–H groups in total. The summed E-state index contributed by atoms with van der Waals surface area (Å²) < 4.78 is 31.5. The molecule has 0 saturated heterocycles. The summed E-state index contributed by atoms with van der Waals surface area (Å²) in [6, 6.07) is 2.16. The Morgan fingerprint density at radius 1 is 0.742 bits per heavy atom. The van der Waals surface area contributed by atoms with Crippen molar-refractivity contribution in [2.24, 2.45) is 0 Å². The zero-order chi connectivity index (χ0) is 22.4. The molecule has 31 heavy (non-hydrogen) atoms. The van der Waals surface area contributed by atoms with E-state index >= 15 is 0 Å². The van der Waals surface area contributed by atoms with Crippen LogP contribution in [0.1, 0.15) is 122 Å². The zero-order valence-electron chi connectivity index (χ0n) is 19.9. The Hall–Kier alpha value is -0.270. The van der Waals surface area contributed by atoms with Crippen molar-refractivity contribution in [2.75, 3.05) is 0 Å². The van der Waals surface area contributed by atoms with Gasteiger partial charge in [0.25, 0.3) is 10.1 Å². The van der Waals surface area contributed by atoms with E-state index in [-0.39, 0.29) is 41.2 Å². The summed E-state index contributed by atoms with van der Waals surface area (Å²) in [6.45, 7) is 4.20. The van der Waals surface area contributed by atoms with E-state index < -0.39 is 20.8 Å². The molecule has 0 fully saturated rings. The number of rotatable bonds is 17. The van der Waals surface area contributed by atoms with Crippen LogP contribution in [0.15, 0.2) is 17.0 Å². The molecule has 0 aliphatic rings. The van der Waals surface area contributed by atoms with Crippen LogP contribution < -0.4 is 0 Å². The van der Waals surface area contributed by atoms with Crippen molar-refractivity contribution >= 4 is 39.7 Å². The Kier molecular flexibility index (Phi) is 17.1. The minimum atomic E-state index is -4.55. The van der Waals surface area contributed by atoms with E-state index in [1.54, 1.807) is 0 Å². The van der Waals surface area contributed by atoms with E-state index in [1.807, 2.05) is 6.92 Å². The van der Waals surface area contributed by atoms with E-state index in [0.717, 1.165) is 25.3 Å². The van der Waals surface area contributed by atoms with Gasteiger partial charge in [-0.3, -0.25) is 4.55 Å². The summed E-state index contributed by atoms with van der Waals surface area (Å²) in [6.07, 6.45) is 19.1. The fourth-order valence-electron chi connectivity index (χ4n) is 3.98. The molecule has 0 bridgehead atoms. The molecule has 0 amide bonds. The Balaban J connectivity index is 0.00000900. The molecule has 0 heterocycles. The predicted molar refractivity (Wildman–Crippen MR) is 129 cm³/mol. The normalized spacial score (nSPS) is 12.5. The van der Waals surface area contributed by atoms with Crippen molar-refractivity contribution in [1.29, 1.82) is 0 Å². The van der Waals surface area contributed by atoms with E-state index in [1.165, 1.54) is 83.1 Å². The van der Waals surface area contributed by atoms with Crippen LogP contribution in [0.2, 0.25) is 0 Å². The number of phenolic OH excluding ortho intramolecular Hbond substituents is 2. The van der Waals surface area contributed by atoms with Crippen molar-refractivity contribution in [2.45, 2.75) is 121 Å². The van der Waals surface area contributed by atoms with Crippen molar-refractivity contribution in [3.05, 3.63) is 17.7 Å². The smallest absolute Gasteiger partial charge is 0.298 e. The second-order valence-electron chi connectivity index (χ2n) is 8.64. The first kappa shape index (κ1) is 30.7. The largest absolute Gasteiger partial charge is 0.508 e. The van der Waals surface area contributed by atoms with Crippen LogP contribution in [-0.2, 0) is 10.1 Å². The molecule has 1 aromatic rings. The SMILES string of the molecule is CCCCCCCCCCCCCCCCC(C)c1cc(O)c(S(=O)(=O)O)cc1O.[Na]. The van der Waals surface area contributed by atoms with Gasteiger partial charge in [-0.1, -0.05) is 104 Å². The molecule has 175 valence electrons. The maximum Gasteiger partial charge on any atom is 0.298 e. The van der Waals surface area contributed by atoms with Crippen LogP contribution >= 0.6 is 0 Å². The van der Waals surface area contributed by atoms with Gasteiger partial charge in [-0.15, -0.1) is 0 Å². The van der Waals surface area contributed by atoms with Gasteiger partial charge in [0.05, 0.1) is 0 Å². The van der Waals surface area contributed by atoms with Crippen molar-refractivity contribution in [3.63, 3.8) is 0 Å². The van der Waals surface area contributed by atoms with Gasteiger partial charge in [-0.25, -0.2) is 0 Å². The van der Waals surface area contributed by atoms with Crippen molar-refractivity contribution < 1.29 is 23.2 Å². The minimum absolute atomic E-state index is 0. The van der Waals surface area contributed by atoms with E-state index in [4.69, 9.17) is 4.55 Å². The third kappa shape index (κ3) is 13.1. The average Bonchev–Trinajstić information content (AvgIpc) is 2.68. The summed E-state index contributed by atoms with van der Waals surface area (Å²) in [5.41, 5.74) is 0.509. The minimum Gasteiger partial charge on any atom is -0.508 e. The molecule has 0 aliphatic carbocycles. The zero-order valence-corrected chi connectivity index (χ0v) is 22.7. The molecular formula is C24H42NaO5S. The molecule has 5 nitrogen and oxygen atoms in total. The quantitative estimate of drug-likeness (QED) is 0.100. The number of benzene rings is 1. The summed E-state index contributed by atoms with van der Waals surface area (Å²) in [5.74, 6) is -0.736. The van der Waals surface area contributed by atoms with Crippen LogP contribution in [0.4, 0.5) is 0 Å². The van der Waals surface area contributed by atoms with Crippen LogP contribution in [-0.4, -0.2) is 52.7 Å². The number of aromatic hydroxyl groups is 2. The summed E-state index contributed by atoms with van der Waals surface area (Å²) in [5, 5.41) is 19.9. The number of unbranched alkanes of at least 4 members (excludes halogenated alkanes) is 13. The van der Waals surface area contributed by atoms with Gasteiger partial charge in [-0.05, 0) is 18.4 Å². The average molecular weight is 466 g/mol. The number of hydrogen-bond acceptors (Lipinski definition) is 4. The molecule has 1 atom stereocenters. The van der Waals surface area contributed by atoms with Crippen LogP contribution in [0.25, 0.3) is 0 Å². The number of phenols is 2. The standard InChI is InChI=1S/C24H42O5S.Na/c1-3-4-5-6-7-8-9-10-11-12-13-14-15-16-17-20(2)21-18-23(26)24(19-22(21)25)30(27,28)29;/h18-20,25-26H,3-17H2,1-2H3,(H,27,28,29);. The van der Waals surface area contributed by atoms with Gasteiger partial charge < -0.3 is 10.2 Å². The van der Waals surface area contributed by atoms with Crippen molar-refractivity contribution in [1.82, 2.24) is 0 Å². The first-order valence-electron chi connectivity index (χ1n) is 11.8. The molecule has 1 rings (SSSR count). The Labute approximate surface area is 212 Å². The first-order valence-corrected chi connectivity index (χ1v) is 13.2. The third-order valence-electron chi connectivity index (χ3n) is 5.91. The van der Waals surface area contributed by atoms with Crippen LogP contribution in [0.3, 0.4) is 0 Å². The maximum absolute atomic E-state index is 11.2. The molecular weight excluding hydrogens is 423 g/mol. The Morgan fingerprint density at radius 3 is 1.58 bits per heavy atom. The van der Waals surface area contributed by atoms with E-state index in [0.29, 0.717) is 5.56 Å². The molecule has 1 aromatic carbocycles. The summed E-state index contributed by atoms with van der Waals surface area (Å²) in [7, 11) is -4.55. The summed E-state index contributed by atoms with van der Waals surface area (Å²) in [4.78, 5) is -0.660. The predicted octanol–water partition coefficient (Wildman–Crippen LogP) is 6.94. The van der Waals surface area contributed by atoms with Gasteiger partial charge >= 0.3 is 0 Å². The second-order valence-corrected chi connectivity index (χ2v) is 10.0. The Bertz CT molecular complexity index is 706. The van der Waals surface area contributed by atoms with Crippen molar-refractivity contribution in [3.8, 4) is 11.5 Å². The van der Waals surface area contributed by atoms with Gasteiger partial charge in [0.15, 0.2) is 0 Å². The maximum atomic E-state index is 11.2. The fourth-order valence-corrected chi connectivity index (χ4v) is 4.56. The van der Waals surface area contributed by atoms with E-state index in [9.17, 15) is 18.6 Å². The molecule has 7 heteroatoms. The topological polar surface area (TPSA) is 94.8 Å². The molecule has 1 radical (unpaired) electrons. The second kappa shape index (κ2) is 17.2. The molecule has 1 unspecified atom stereocenters. The molecule has 0 aliphatic heterocycles. The Morgan fingerprint density at radius 2 is 1.16 bits per heavy atom. The monoisotopic (exact) mass is 465 g/mol. The number of hydrogen-bond donors (Lipinski definition) is 3. The third-order valence-corrected chi connectivity index (χ3v) is 6.79. The molecule has 0 spiro atoms. The van der Waals surface area contributed by atoms with Gasteiger partial charge in [-0.2, -0.15) is 8.42 Å². The summed E-state index contributed by atoms with van der Waals surface area (Å²) >= 11 is 0. The van der Waals surface area contributed by atoms with Gasteiger partial charge in [0.2, 0.25) is 0 Å².